The van der Waals surface area contributed by atoms with E-state index in [-0.39, 0.29) is 17.4 Å². The summed E-state index contributed by atoms with van der Waals surface area (Å²) in [5.41, 5.74) is 1.84. The molecule has 0 amide bonds. The number of aryl methyl sites for hydroxylation is 2. The van der Waals surface area contributed by atoms with E-state index in [2.05, 4.69) is 15.3 Å². The largest absolute Gasteiger partial charge is 0.434 e. The molecule has 0 unspecified atom stereocenters. The van der Waals surface area contributed by atoms with E-state index >= 15 is 0 Å². The Morgan fingerprint density at radius 3 is 2.56 bits per heavy atom. The first-order chi connectivity index (χ1) is 12.8. The third-order valence-corrected chi connectivity index (χ3v) is 4.43. The lowest BCUT2D eigenvalue weighted by Crippen LogP contribution is -2.04. The monoisotopic (exact) mass is 404 g/mol. The molecule has 3 aromatic rings. The average molecular weight is 405 g/mol. The van der Waals surface area contributed by atoms with Gasteiger partial charge < -0.3 is 10.1 Å². The summed E-state index contributed by atoms with van der Waals surface area (Å²) < 4.78 is 5.62. The zero-order chi connectivity index (χ0) is 19.6. The molecule has 0 fully saturated rings. The summed E-state index contributed by atoms with van der Waals surface area (Å²) in [7, 11) is 0. The normalized spacial score (nSPS) is 10.5. The zero-order valence-corrected chi connectivity index (χ0v) is 15.9. The van der Waals surface area contributed by atoms with Crippen molar-refractivity contribution in [2.45, 2.75) is 13.8 Å². The SMILES string of the molecule is Cc1cc(Oc2ncnc(Nc3cc(Cl)ccc3C)c2[N+](=O)[O-])ccc1Cl. The molecule has 0 radical (unpaired) electrons. The van der Waals surface area contributed by atoms with Gasteiger partial charge in [-0.05, 0) is 55.3 Å². The molecule has 0 atom stereocenters. The number of benzene rings is 2. The van der Waals surface area contributed by atoms with Gasteiger partial charge in [-0.25, -0.2) is 4.98 Å². The molecular weight excluding hydrogens is 391 g/mol. The minimum Gasteiger partial charge on any atom is -0.434 e. The molecule has 0 aliphatic heterocycles. The van der Waals surface area contributed by atoms with E-state index in [9.17, 15) is 10.1 Å². The molecule has 9 heteroatoms. The lowest BCUT2D eigenvalue weighted by molar-refractivity contribution is -0.385. The fourth-order valence-corrected chi connectivity index (χ4v) is 2.63. The molecule has 1 heterocycles. The van der Waals surface area contributed by atoms with E-state index in [0.717, 1.165) is 11.1 Å². The van der Waals surface area contributed by atoms with Crippen molar-refractivity contribution in [1.82, 2.24) is 9.97 Å². The van der Waals surface area contributed by atoms with Crippen LogP contribution in [0.1, 0.15) is 11.1 Å². The van der Waals surface area contributed by atoms with Crippen molar-refractivity contribution in [2.24, 2.45) is 0 Å². The van der Waals surface area contributed by atoms with E-state index in [1.54, 1.807) is 43.3 Å². The summed E-state index contributed by atoms with van der Waals surface area (Å²) in [6.07, 6.45) is 1.19. The Kier molecular flexibility index (Phi) is 5.43. The molecule has 0 aliphatic carbocycles. The van der Waals surface area contributed by atoms with Crippen LogP contribution in [-0.2, 0) is 0 Å². The molecule has 1 N–H and O–H groups in total. The van der Waals surface area contributed by atoms with Crippen molar-refractivity contribution in [3.05, 3.63) is 74.0 Å². The van der Waals surface area contributed by atoms with Gasteiger partial charge in [0.1, 0.15) is 12.1 Å². The fourth-order valence-electron chi connectivity index (χ4n) is 2.34. The van der Waals surface area contributed by atoms with E-state index in [4.69, 9.17) is 27.9 Å². The number of aromatic nitrogens is 2. The van der Waals surface area contributed by atoms with Gasteiger partial charge in [0.2, 0.25) is 5.82 Å². The van der Waals surface area contributed by atoms with Crippen LogP contribution >= 0.6 is 23.2 Å². The third kappa shape index (κ3) is 4.27. The maximum Gasteiger partial charge on any atom is 0.373 e. The summed E-state index contributed by atoms with van der Waals surface area (Å²) in [5.74, 6) is 0.198. The van der Waals surface area contributed by atoms with Crippen LogP contribution in [0.25, 0.3) is 0 Å². The fraction of sp³-hybridized carbons (Fsp3) is 0.111. The molecule has 0 bridgehead atoms. The second-order valence-corrected chi connectivity index (χ2v) is 6.57. The minimum atomic E-state index is -0.597. The standard InChI is InChI=1S/C18H14Cl2N4O3/c1-10-3-4-12(19)8-15(10)23-17-16(24(25)26)18(22-9-21-17)27-13-5-6-14(20)11(2)7-13/h3-9H,1-2H3,(H,21,22,23). The zero-order valence-electron chi connectivity index (χ0n) is 14.4. The smallest absolute Gasteiger partial charge is 0.373 e. The Balaban J connectivity index is 2.00. The maximum atomic E-state index is 11.7. The Morgan fingerprint density at radius 1 is 1.07 bits per heavy atom. The number of hydrogen-bond acceptors (Lipinski definition) is 6. The Morgan fingerprint density at radius 2 is 1.85 bits per heavy atom. The number of ether oxygens (including phenoxy) is 1. The van der Waals surface area contributed by atoms with Crippen LogP contribution in [0.4, 0.5) is 17.2 Å². The van der Waals surface area contributed by atoms with Crippen LogP contribution in [-0.4, -0.2) is 14.9 Å². The highest BCUT2D eigenvalue weighted by Gasteiger charge is 2.25. The van der Waals surface area contributed by atoms with Gasteiger partial charge in [0.15, 0.2) is 0 Å². The van der Waals surface area contributed by atoms with Gasteiger partial charge in [-0.15, -0.1) is 0 Å². The molecule has 0 aliphatic rings. The third-order valence-electron chi connectivity index (χ3n) is 3.77. The quantitative estimate of drug-likeness (QED) is 0.423. The first-order valence-corrected chi connectivity index (χ1v) is 8.57. The van der Waals surface area contributed by atoms with E-state index < -0.39 is 4.92 Å². The number of nitrogens with one attached hydrogen (secondary N) is 1. The van der Waals surface area contributed by atoms with Crippen LogP contribution in [0, 0.1) is 24.0 Å². The van der Waals surface area contributed by atoms with Crippen molar-refractivity contribution in [3.63, 3.8) is 0 Å². The molecule has 138 valence electrons. The van der Waals surface area contributed by atoms with Crippen LogP contribution in [0.2, 0.25) is 10.0 Å². The first kappa shape index (κ1) is 18.9. The van der Waals surface area contributed by atoms with Crippen molar-refractivity contribution in [1.29, 1.82) is 0 Å². The average Bonchev–Trinajstić information content (AvgIpc) is 2.61. The van der Waals surface area contributed by atoms with Crippen LogP contribution < -0.4 is 10.1 Å². The lowest BCUT2D eigenvalue weighted by atomic mass is 10.2. The van der Waals surface area contributed by atoms with E-state index in [0.29, 0.717) is 21.5 Å². The van der Waals surface area contributed by atoms with Crippen molar-refractivity contribution < 1.29 is 9.66 Å². The van der Waals surface area contributed by atoms with Gasteiger partial charge in [-0.3, -0.25) is 10.1 Å². The lowest BCUT2D eigenvalue weighted by Gasteiger charge is -2.11. The van der Waals surface area contributed by atoms with Crippen molar-refractivity contribution >= 4 is 40.4 Å². The van der Waals surface area contributed by atoms with Gasteiger partial charge in [0.25, 0.3) is 0 Å². The number of anilines is 2. The second kappa shape index (κ2) is 7.77. The number of halogens is 2. The predicted molar refractivity (Wildman–Crippen MR) is 104 cm³/mol. The summed E-state index contributed by atoms with van der Waals surface area (Å²) in [5, 5.41) is 15.6. The molecule has 2 aromatic carbocycles. The second-order valence-electron chi connectivity index (χ2n) is 5.73. The van der Waals surface area contributed by atoms with Gasteiger partial charge in [0.05, 0.1) is 4.92 Å². The van der Waals surface area contributed by atoms with E-state index in [1.165, 1.54) is 6.33 Å². The van der Waals surface area contributed by atoms with E-state index in [1.807, 2.05) is 6.92 Å². The summed E-state index contributed by atoms with van der Waals surface area (Å²) in [6.45, 7) is 3.65. The summed E-state index contributed by atoms with van der Waals surface area (Å²) >= 11 is 12.0. The van der Waals surface area contributed by atoms with Crippen LogP contribution in [0.5, 0.6) is 11.6 Å². The molecule has 3 rings (SSSR count). The highest BCUT2D eigenvalue weighted by Crippen LogP contribution is 2.37. The van der Waals surface area contributed by atoms with Crippen molar-refractivity contribution in [2.75, 3.05) is 5.32 Å². The minimum absolute atomic E-state index is 0.000974. The Hall–Kier alpha value is -2.90. The number of hydrogen-bond donors (Lipinski definition) is 1. The van der Waals surface area contributed by atoms with Gasteiger partial charge >= 0.3 is 11.6 Å². The Bertz CT molecular complexity index is 1030. The summed E-state index contributed by atoms with van der Waals surface area (Å²) in [6, 6.07) is 10.1. The van der Waals surface area contributed by atoms with Crippen LogP contribution in [0.3, 0.4) is 0 Å². The molecular formula is C18H14Cl2N4O3. The highest BCUT2D eigenvalue weighted by molar-refractivity contribution is 6.31. The molecule has 0 saturated carbocycles. The number of nitro groups is 1. The first-order valence-electron chi connectivity index (χ1n) is 7.81. The van der Waals surface area contributed by atoms with Crippen molar-refractivity contribution in [3.8, 4) is 11.6 Å². The number of nitrogens with zero attached hydrogens (tertiary/aromatic N) is 3. The van der Waals surface area contributed by atoms with Gasteiger partial charge in [-0.2, -0.15) is 4.98 Å². The van der Waals surface area contributed by atoms with Gasteiger partial charge in [0, 0.05) is 15.7 Å². The number of rotatable bonds is 5. The summed E-state index contributed by atoms with van der Waals surface area (Å²) in [4.78, 5) is 19.0. The molecule has 7 nitrogen and oxygen atoms in total. The maximum absolute atomic E-state index is 11.7. The molecule has 27 heavy (non-hydrogen) atoms. The topological polar surface area (TPSA) is 90.2 Å². The predicted octanol–water partition coefficient (Wildman–Crippen LogP) is 5.84. The van der Waals surface area contributed by atoms with Crippen LogP contribution in [0.15, 0.2) is 42.7 Å². The van der Waals surface area contributed by atoms with Gasteiger partial charge in [-0.1, -0.05) is 29.3 Å². The Labute approximate surface area is 165 Å². The molecule has 1 aromatic heterocycles. The molecule has 0 saturated heterocycles. The molecule has 0 spiro atoms. The highest BCUT2D eigenvalue weighted by atomic mass is 35.5.